The molecule has 0 heterocycles. The summed E-state index contributed by atoms with van der Waals surface area (Å²) in [5.74, 6) is 0.465. The van der Waals surface area contributed by atoms with Gasteiger partial charge >= 0.3 is 8.60 Å². The maximum absolute atomic E-state index is 8.61. The van der Waals surface area contributed by atoms with Crippen molar-refractivity contribution in [3.05, 3.63) is 35.4 Å². The van der Waals surface area contributed by atoms with Crippen LogP contribution in [0.2, 0.25) is 0 Å². The molecule has 0 spiro atoms. The van der Waals surface area contributed by atoms with Gasteiger partial charge in [0.1, 0.15) is 5.75 Å². The topological polar surface area (TPSA) is 49.7 Å². The van der Waals surface area contributed by atoms with Gasteiger partial charge in [-0.1, -0.05) is 23.8 Å². The van der Waals surface area contributed by atoms with Gasteiger partial charge in [-0.2, -0.15) is 0 Å². The monoisotopic (exact) mass is 212 g/mol. The fourth-order valence-electron chi connectivity index (χ4n) is 1.05. The predicted molar refractivity (Wildman–Crippen MR) is 57.8 cm³/mol. The average Bonchev–Trinajstić information content (AvgIpc) is 2.06. The summed E-state index contributed by atoms with van der Waals surface area (Å²) in [7, 11) is -2.32. The molecule has 0 unspecified atom stereocenters. The van der Waals surface area contributed by atoms with E-state index in [2.05, 4.69) is 0 Å². The van der Waals surface area contributed by atoms with Crippen molar-refractivity contribution in [1.82, 2.24) is 0 Å². The van der Waals surface area contributed by atoms with E-state index in [1.807, 2.05) is 32.1 Å². The second-order valence-electron chi connectivity index (χ2n) is 3.13. The Bertz CT molecular complexity index is 313. The van der Waals surface area contributed by atoms with E-state index in [4.69, 9.17) is 14.3 Å². The van der Waals surface area contributed by atoms with Crippen molar-refractivity contribution >= 4 is 14.7 Å². The second kappa shape index (κ2) is 5.11. The van der Waals surface area contributed by atoms with Crippen LogP contribution in [0.5, 0.6) is 5.75 Å². The highest BCUT2D eigenvalue weighted by atomic mass is 31.2. The highest BCUT2D eigenvalue weighted by Crippen LogP contribution is 2.28. The number of benzene rings is 1. The Morgan fingerprint density at radius 1 is 1.21 bits per heavy atom. The lowest BCUT2D eigenvalue weighted by Crippen LogP contribution is -1.84. The van der Waals surface area contributed by atoms with Gasteiger partial charge in [0.2, 0.25) is 0 Å². The van der Waals surface area contributed by atoms with E-state index in [0.717, 1.165) is 5.56 Å². The minimum absolute atomic E-state index is 0.465. The molecule has 0 aliphatic carbocycles. The Kier molecular flexibility index (Phi) is 4.08. The number of allylic oxidation sites excluding steroid dienone is 1. The summed E-state index contributed by atoms with van der Waals surface area (Å²) in [6.07, 6.45) is 2.03. The maximum atomic E-state index is 8.61. The molecule has 1 rings (SSSR count). The summed E-state index contributed by atoms with van der Waals surface area (Å²) in [5, 5.41) is 0. The zero-order chi connectivity index (χ0) is 10.6. The van der Waals surface area contributed by atoms with Crippen molar-refractivity contribution in [2.75, 3.05) is 0 Å². The molecular formula is C10H13O3P. The van der Waals surface area contributed by atoms with E-state index in [-0.39, 0.29) is 0 Å². The number of hydrogen-bond acceptors (Lipinski definition) is 3. The van der Waals surface area contributed by atoms with Crippen LogP contribution in [0.1, 0.15) is 19.4 Å². The van der Waals surface area contributed by atoms with Crippen LogP contribution in [-0.4, -0.2) is 9.79 Å². The zero-order valence-corrected chi connectivity index (χ0v) is 9.03. The van der Waals surface area contributed by atoms with Crippen LogP contribution in [0.3, 0.4) is 0 Å². The van der Waals surface area contributed by atoms with E-state index < -0.39 is 8.60 Å². The average molecular weight is 212 g/mol. The molecule has 0 saturated heterocycles. The fraction of sp³-hybridized carbons (Fsp3) is 0.200. The summed E-state index contributed by atoms with van der Waals surface area (Å²) in [4.78, 5) is 17.2. The fourth-order valence-corrected chi connectivity index (χ4v) is 1.36. The van der Waals surface area contributed by atoms with Crippen LogP contribution in [0.15, 0.2) is 29.8 Å². The molecule has 0 amide bonds. The predicted octanol–water partition coefficient (Wildman–Crippen LogP) is 2.70. The van der Waals surface area contributed by atoms with Gasteiger partial charge in [0, 0.05) is 0 Å². The molecule has 2 N–H and O–H groups in total. The number of rotatable bonds is 3. The molecule has 0 radical (unpaired) electrons. The molecule has 0 aromatic heterocycles. The van der Waals surface area contributed by atoms with Gasteiger partial charge in [-0.05, 0) is 31.5 Å². The standard InChI is InChI=1S/C10H13O3P/c1-8(2)7-9-3-5-10(6-4-9)13-14(11)12/h3-7,11-12H,1-2H3. The van der Waals surface area contributed by atoms with Crippen LogP contribution in [0.4, 0.5) is 0 Å². The van der Waals surface area contributed by atoms with Crippen LogP contribution in [0.25, 0.3) is 6.08 Å². The second-order valence-corrected chi connectivity index (χ2v) is 3.82. The molecule has 0 atom stereocenters. The lowest BCUT2D eigenvalue weighted by atomic mass is 10.1. The van der Waals surface area contributed by atoms with E-state index in [1.54, 1.807) is 12.1 Å². The van der Waals surface area contributed by atoms with E-state index in [9.17, 15) is 0 Å². The van der Waals surface area contributed by atoms with Crippen LogP contribution < -0.4 is 4.52 Å². The first kappa shape index (κ1) is 11.2. The number of hydrogen-bond donors (Lipinski definition) is 2. The molecule has 0 saturated carbocycles. The first-order valence-electron chi connectivity index (χ1n) is 4.19. The summed E-state index contributed by atoms with van der Waals surface area (Å²) in [6.45, 7) is 4.04. The molecule has 0 aliphatic heterocycles. The first-order chi connectivity index (χ1) is 6.58. The third-order valence-electron chi connectivity index (χ3n) is 1.52. The molecule has 1 aromatic carbocycles. The minimum atomic E-state index is -2.32. The third kappa shape index (κ3) is 3.88. The van der Waals surface area contributed by atoms with Gasteiger partial charge in [0.05, 0.1) is 0 Å². The van der Waals surface area contributed by atoms with E-state index in [1.165, 1.54) is 5.57 Å². The van der Waals surface area contributed by atoms with Crippen LogP contribution in [-0.2, 0) is 0 Å². The minimum Gasteiger partial charge on any atom is -0.427 e. The van der Waals surface area contributed by atoms with Crippen molar-refractivity contribution < 1.29 is 14.3 Å². The Morgan fingerprint density at radius 2 is 1.79 bits per heavy atom. The van der Waals surface area contributed by atoms with E-state index >= 15 is 0 Å². The normalized spacial score (nSPS) is 10.1. The largest absolute Gasteiger partial charge is 0.427 e. The molecule has 14 heavy (non-hydrogen) atoms. The van der Waals surface area contributed by atoms with Gasteiger partial charge in [0.25, 0.3) is 0 Å². The lowest BCUT2D eigenvalue weighted by molar-refractivity contribution is 0.375. The van der Waals surface area contributed by atoms with Gasteiger partial charge in [-0.25, -0.2) is 0 Å². The molecule has 0 bridgehead atoms. The van der Waals surface area contributed by atoms with Crippen LogP contribution >= 0.6 is 8.60 Å². The molecule has 3 nitrogen and oxygen atoms in total. The van der Waals surface area contributed by atoms with Gasteiger partial charge < -0.3 is 14.3 Å². The molecule has 0 aliphatic rings. The van der Waals surface area contributed by atoms with Crippen molar-refractivity contribution in [2.24, 2.45) is 0 Å². The Morgan fingerprint density at radius 3 is 2.21 bits per heavy atom. The molecule has 0 fully saturated rings. The third-order valence-corrected chi connectivity index (χ3v) is 1.90. The molecule has 1 aromatic rings. The lowest BCUT2D eigenvalue weighted by Gasteiger charge is -2.04. The zero-order valence-electron chi connectivity index (χ0n) is 8.14. The molecule has 4 heteroatoms. The quantitative estimate of drug-likeness (QED) is 0.757. The Hall–Kier alpha value is -0.890. The summed E-state index contributed by atoms with van der Waals surface area (Å²) in [5.41, 5.74) is 2.28. The van der Waals surface area contributed by atoms with Crippen molar-refractivity contribution in [1.29, 1.82) is 0 Å². The SMILES string of the molecule is CC(C)=Cc1ccc(OP(O)O)cc1. The Balaban J connectivity index is 2.74. The van der Waals surface area contributed by atoms with Crippen LogP contribution in [0, 0.1) is 0 Å². The van der Waals surface area contributed by atoms with Crippen molar-refractivity contribution in [2.45, 2.75) is 13.8 Å². The summed E-state index contributed by atoms with van der Waals surface area (Å²) in [6, 6.07) is 7.13. The first-order valence-corrected chi connectivity index (χ1v) is 5.35. The summed E-state index contributed by atoms with van der Waals surface area (Å²) < 4.78 is 4.73. The van der Waals surface area contributed by atoms with E-state index in [0.29, 0.717) is 5.75 Å². The molecule has 76 valence electrons. The Labute approximate surface area is 84.7 Å². The highest BCUT2D eigenvalue weighted by molar-refractivity contribution is 7.39. The van der Waals surface area contributed by atoms with Crippen molar-refractivity contribution in [3.63, 3.8) is 0 Å². The summed E-state index contributed by atoms with van der Waals surface area (Å²) >= 11 is 0. The smallest absolute Gasteiger partial charge is 0.391 e. The maximum Gasteiger partial charge on any atom is 0.391 e. The van der Waals surface area contributed by atoms with Crippen molar-refractivity contribution in [3.8, 4) is 5.75 Å². The molecular weight excluding hydrogens is 199 g/mol. The highest BCUT2D eigenvalue weighted by Gasteiger charge is 2.01. The van der Waals surface area contributed by atoms with Gasteiger partial charge in [-0.15, -0.1) is 0 Å². The van der Waals surface area contributed by atoms with Gasteiger partial charge in [-0.3, -0.25) is 0 Å². The van der Waals surface area contributed by atoms with Gasteiger partial charge in [0.15, 0.2) is 0 Å².